The Hall–Kier alpha value is -0.930. The van der Waals surface area contributed by atoms with E-state index in [1.54, 1.807) is 13.2 Å². The maximum Gasteiger partial charge on any atom is 0.166 e. The van der Waals surface area contributed by atoms with Crippen LogP contribution < -0.4 is 14.8 Å². The molecule has 0 aliphatic rings. The summed E-state index contributed by atoms with van der Waals surface area (Å²) in [4.78, 5) is 0. The summed E-state index contributed by atoms with van der Waals surface area (Å²) in [6.45, 7) is 8.02. The molecule has 1 rings (SSSR count). The Morgan fingerprint density at radius 1 is 1.14 bits per heavy atom. The van der Waals surface area contributed by atoms with Crippen LogP contribution in [0.4, 0.5) is 0 Å². The molecule has 0 amide bonds. The molecule has 1 aromatic rings. The van der Waals surface area contributed by atoms with Crippen molar-refractivity contribution in [1.82, 2.24) is 5.32 Å². The maximum absolute atomic E-state index is 6.17. The van der Waals surface area contributed by atoms with Crippen LogP contribution >= 0.6 is 11.6 Å². The first-order chi connectivity index (χ1) is 10.6. The fourth-order valence-corrected chi connectivity index (χ4v) is 2.58. The summed E-state index contributed by atoms with van der Waals surface area (Å²) < 4.78 is 11.3. The lowest BCUT2D eigenvalue weighted by molar-refractivity contribution is 0.227. The summed E-state index contributed by atoms with van der Waals surface area (Å²) in [5.41, 5.74) is 1.05. The molecule has 0 heterocycles. The molecule has 4 heteroatoms. The van der Waals surface area contributed by atoms with Gasteiger partial charge in [-0.3, -0.25) is 0 Å². The fraction of sp³-hybridized carbons (Fsp3) is 0.667. The van der Waals surface area contributed by atoms with E-state index >= 15 is 0 Å². The van der Waals surface area contributed by atoms with Crippen LogP contribution in [0.1, 0.15) is 58.4 Å². The molecular formula is C18H30ClNO2. The molecule has 3 nitrogen and oxygen atoms in total. The van der Waals surface area contributed by atoms with Gasteiger partial charge in [-0.1, -0.05) is 44.2 Å². The molecule has 0 aliphatic heterocycles. The third-order valence-electron chi connectivity index (χ3n) is 3.44. The zero-order valence-corrected chi connectivity index (χ0v) is 15.1. The number of ether oxygens (including phenoxy) is 2. The van der Waals surface area contributed by atoms with Crippen molar-refractivity contribution in [1.29, 1.82) is 0 Å². The summed E-state index contributed by atoms with van der Waals surface area (Å²) >= 11 is 6.17. The Kier molecular flexibility index (Phi) is 9.33. The summed E-state index contributed by atoms with van der Waals surface area (Å²) in [6, 6.07) is 3.75. The van der Waals surface area contributed by atoms with Crippen LogP contribution in [-0.4, -0.2) is 19.8 Å². The van der Waals surface area contributed by atoms with Crippen molar-refractivity contribution in [2.24, 2.45) is 0 Å². The first-order valence-electron chi connectivity index (χ1n) is 8.32. The number of nitrogens with one attached hydrogen (secondary N) is 1. The van der Waals surface area contributed by atoms with Crippen LogP contribution in [0.2, 0.25) is 5.02 Å². The molecule has 1 aromatic carbocycles. The van der Waals surface area contributed by atoms with E-state index in [0.717, 1.165) is 24.4 Å². The Morgan fingerprint density at radius 2 is 1.86 bits per heavy atom. The number of benzene rings is 1. The van der Waals surface area contributed by atoms with Gasteiger partial charge in [0.25, 0.3) is 0 Å². The van der Waals surface area contributed by atoms with E-state index in [2.05, 4.69) is 12.2 Å². The molecule has 0 aliphatic carbocycles. The van der Waals surface area contributed by atoms with Gasteiger partial charge in [-0.05, 0) is 32.9 Å². The van der Waals surface area contributed by atoms with Gasteiger partial charge in [-0.15, -0.1) is 0 Å². The smallest absolute Gasteiger partial charge is 0.166 e. The van der Waals surface area contributed by atoms with E-state index in [4.69, 9.17) is 21.1 Å². The molecule has 126 valence electrons. The largest absolute Gasteiger partial charge is 0.493 e. The topological polar surface area (TPSA) is 30.5 Å². The van der Waals surface area contributed by atoms with Gasteiger partial charge in [0.1, 0.15) is 0 Å². The van der Waals surface area contributed by atoms with Crippen LogP contribution in [0, 0.1) is 0 Å². The highest BCUT2D eigenvalue weighted by atomic mass is 35.5. The Morgan fingerprint density at radius 3 is 2.50 bits per heavy atom. The van der Waals surface area contributed by atoms with E-state index in [1.807, 2.05) is 19.9 Å². The average Bonchev–Trinajstić information content (AvgIpc) is 2.48. The number of methoxy groups -OCH3 is 1. The van der Waals surface area contributed by atoms with Crippen LogP contribution in [0.15, 0.2) is 12.1 Å². The molecular weight excluding hydrogens is 298 g/mol. The van der Waals surface area contributed by atoms with Crippen molar-refractivity contribution in [2.45, 2.75) is 65.5 Å². The maximum atomic E-state index is 6.17. The van der Waals surface area contributed by atoms with Gasteiger partial charge in [0, 0.05) is 23.2 Å². The molecule has 22 heavy (non-hydrogen) atoms. The van der Waals surface area contributed by atoms with Gasteiger partial charge in [0.2, 0.25) is 0 Å². The molecule has 0 saturated heterocycles. The minimum atomic E-state index is 0.0999. The standard InChI is InChI=1S/C18H30ClNO2/c1-5-6-7-8-9-10-20-13-15-11-16(19)12-17(21-4)18(15)22-14(2)3/h11-12,14,20H,5-10,13H2,1-4H3. The van der Waals surface area contributed by atoms with Gasteiger partial charge in [-0.25, -0.2) is 0 Å². The normalized spacial score (nSPS) is 11.0. The van der Waals surface area contributed by atoms with E-state index in [9.17, 15) is 0 Å². The molecule has 0 spiro atoms. The number of rotatable bonds is 11. The summed E-state index contributed by atoms with van der Waals surface area (Å²) in [6.07, 6.45) is 6.53. The van der Waals surface area contributed by atoms with Gasteiger partial charge in [0.05, 0.1) is 13.2 Å². The highest BCUT2D eigenvalue weighted by Gasteiger charge is 2.14. The van der Waals surface area contributed by atoms with Crippen LogP contribution in [0.3, 0.4) is 0 Å². The second-order valence-electron chi connectivity index (χ2n) is 5.85. The first-order valence-corrected chi connectivity index (χ1v) is 8.70. The number of hydrogen-bond donors (Lipinski definition) is 1. The summed E-state index contributed by atoms with van der Waals surface area (Å²) in [5, 5.41) is 4.15. The monoisotopic (exact) mass is 327 g/mol. The number of hydrogen-bond acceptors (Lipinski definition) is 3. The quantitative estimate of drug-likeness (QED) is 0.567. The van der Waals surface area contributed by atoms with Crippen LogP contribution in [0.5, 0.6) is 11.5 Å². The third-order valence-corrected chi connectivity index (χ3v) is 3.66. The SMILES string of the molecule is CCCCCCCNCc1cc(Cl)cc(OC)c1OC(C)C. The van der Waals surface area contributed by atoms with Crippen molar-refractivity contribution in [3.8, 4) is 11.5 Å². The van der Waals surface area contributed by atoms with Crippen molar-refractivity contribution < 1.29 is 9.47 Å². The molecule has 0 radical (unpaired) electrons. The lowest BCUT2D eigenvalue weighted by Crippen LogP contribution is -2.17. The first kappa shape index (κ1) is 19.1. The van der Waals surface area contributed by atoms with Crippen LogP contribution in [0.25, 0.3) is 0 Å². The second-order valence-corrected chi connectivity index (χ2v) is 6.29. The van der Waals surface area contributed by atoms with Crippen molar-refractivity contribution in [3.63, 3.8) is 0 Å². The highest BCUT2D eigenvalue weighted by Crippen LogP contribution is 2.35. The minimum Gasteiger partial charge on any atom is -0.493 e. The van der Waals surface area contributed by atoms with Crippen LogP contribution in [-0.2, 0) is 6.54 Å². The fourth-order valence-electron chi connectivity index (χ4n) is 2.35. The molecule has 0 atom stereocenters. The van der Waals surface area contributed by atoms with E-state index < -0.39 is 0 Å². The Bertz CT molecular complexity index is 435. The minimum absolute atomic E-state index is 0.0999. The molecule has 0 aromatic heterocycles. The average molecular weight is 328 g/mol. The summed E-state index contributed by atoms with van der Waals surface area (Å²) in [5.74, 6) is 1.49. The number of unbranched alkanes of at least 4 members (excludes halogenated alkanes) is 4. The third kappa shape index (κ3) is 6.89. The predicted molar refractivity (Wildman–Crippen MR) is 94.2 cm³/mol. The molecule has 0 saturated carbocycles. The lowest BCUT2D eigenvalue weighted by Gasteiger charge is -2.18. The highest BCUT2D eigenvalue weighted by molar-refractivity contribution is 6.30. The molecule has 0 unspecified atom stereocenters. The Labute approximate surface area is 140 Å². The van der Waals surface area contributed by atoms with Crippen molar-refractivity contribution in [3.05, 3.63) is 22.7 Å². The van der Waals surface area contributed by atoms with E-state index in [1.165, 1.54) is 32.1 Å². The second kappa shape index (κ2) is 10.7. The lowest BCUT2D eigenvalue weighted by atomic mass is 10.1. The van der Waals surface area contributed by atoms with Gasteiger partial charge >= 0.3 is 0 Å². The van der Waals surface area contributed by atoms with E-state index in [-0.39, 0.29) is 6.10 Å². The van der Waals surface area contributed by atoms with Gasteiger partial charge < -0.3 is 14.8 Å². The summed E-state index contributed by atoms with van der Waals surface area (Å²) in [7, 11) is 1.64. The zero-order valence-electron chi connectivity index (χ0n) is 14.4. The molecule has 1 N–H and O–H groups in total. The number of halogens is 1. The van der Waals surface area contributed by atoms with E-state index in [0.29, 0.717) is 10.8 Å². The predicted octanol–water partition coefficient (Wildman–Crippen LogP) is 5.20. The van der Waals surface area contributed by atoms with Gasteiger partial charge in [0.15, 0.2) is 11.5 Å². The zero-order chi connectivity index (χ0) is 16.4. The Balaban J connectivity index is 2.58. The molecule has 0 fully saturated rings. The van der Waals surface area contributed by atoms with Gasteiger partial charge in [-0.2, -0.15) is 0 Å². The molecule has 0 bridgehead atoms. The van der Waals surface area contributed by atoms with Crippen molar-refractivity contribution >= 4 is 11.6 Å². The van der Waals surface area contributed by atoms with Crippen molar-refractivity contribution in [2.75, 3.05) is 13.7 Å².